The summed E-state index contributed by atoms with van der Waals surface area (Å²) in [5.41, 5.74) is 0. The fourth-order valence-corrected chi connectivity index (χ4v) is 2.99. The standard InChI is InChI=1S/C5H7NO2S2/c1-5(2-6-8)3-9-4(7)10-5/h2,8H,3H2,1H3/b6-2-/t5-/m1/s1. The largest absolute Gasteiger partial charge is 0.411 e. The van der Waals surface area contributed by atoms with Crippen LogP contribution in [0.3, 0.4) is 0 Å². The van der Waals surface area contributed by atoms with Gasteiger partial charge in [-0.15, -0.1) is 5.16 Å². The lowest BCUT2D eigenvalue weighted by molar-refractivity contribution is 0.277. The van der Waals surface area contributed by atoms with Crippen LogP contribution >= 0.6 is 23.5 Å². The predicted molar refractivity (Wildman–Crippen MR) is 44.1 cm³/mol. The first-order chi connectivity index (χ1) is 4.66. The minimum atomic E-state index is -0.295. The molecule has 0 bridgehead atoms. The van der Waals surface area contributed by atoms with Crippen LogP contribution in [0.5, 0.6) is 0 Å². The molecule has 56 valence electrons. The monoisotopic (exact) mass is 177 g/mol. The van der Waals surface area contributed by atoms with Crippen LogP contribution < -0.4 is 0 Å². The van der Waals surface area contributed by atoms with Crippen molar-refractivity contribution in [2.75, 3.05) is 5.75 Å². The molecule has 0 aromatic heterocycles. The fraction of sp³-hybridized carbons (Fsp3) is 0.600. The Labute approximate surface area is 67.2 Å². The van der Waals surface area contributed by atoms with Crippen molar-refractivity contribution in [1.82, 2.24) is 0 Å². The van der Waals surface area contributed by atoms with E-state index >= 15 is 0 Å². The van der Waals surface area contributed by atoms with Gasteiger partial charge < -0.3 is 5.21 Å². The van der Waals surface area contributed by atoms with Crippen molar-refractivity contribution in [3.05, 3.63) is 0 Å². The molecule has 1 aliphatic heterocycles. The van der Waals surface area contributed by atoms with Crippen molar-refractivity contribution < 1.29 is 10.0 Å². The van der Waals surface area contributed by atoms with Crippen molar-refractivity contribution in [3.8, 4) is 0 Å². The number of thioether (sulfide) groups is 2. The Balaban J connectivity index is 2.63. The van der Waals surface area contributed by atoms with E-state index in [2.05, 4.69) is 5.16 Å². The smallest absolute Gasteiger partial charge is 0.247 e. The summed E-state index contributed by atoms with van der Waals surface area (Å²) in [5.74, 6) is 0.695. The highest BCUT2D eigenvalue weighted by Crippen LogP contribution is 2.40. The van der Waals surface area contributed by atoms with Crippen molar-refractivity contribution in [1.29, 1.82) is 0 Å². The van der Waals surface area contributed by atoms with Gasteiger partial charge in [-0.1, -0.05) is 23.5 Å². The van der Waals surface area contributed by atoms with Crippen molar-refractivity contribution >= 4 is 34.2 Å². The van der Waals surface area contributed by atoms with Crippen LogP contribution in [0, 0.1) is 0 Å². The lowest BCUT2D eigenvalue weighted by Crippen LogP contribution is -2.21. The molecule has 0 aliphatic carbocycles. The first-order valence-electron chi connectivity index (χ1n) is 2.71. The van der Waals surface area contributed by atoms with Crippen LogP contribution in [0.25, 0.3) is 0 Å². The first kappa shape index (κ1) is 7.94. The van der Waals surface area contributed by atoms with Crippen molar-refractivity contribution in [2.45, 2.75) is 11.7 Å². The number of carbonyl (C=O) groups is 1. The second kappa shape index (κ2) is 2.84. The Hall–Kier alpha value is -0.160. The summed E-state index contributed by atoms with van der Waals surface area (Å²) in [7, 11) is 0. The Morgan fingerprint density at radius 3 is 3.00 bits per heavy atom. The van der Waals surface area contributed by atoms with Crippen LogP contribution in [0.15, 0.2) is 5.16 Å². The van der Waals surface area contributed by atoms with Crippen LogP contribution in [-0.2, 0) is 0 Å². The van der Waals surface area contributed by atoms with Gasteiger partial charge in [0.2, 0.25) is 4.45 Å². The second-order valence-corrected chi connectivity index (χ2v) is 4.91. The van der Waals surface area contributed by atoms with Crippen molar-refractivity contribution in [3.63, 3.8) is 0 Å². The molecule has 5 heteroatoms. The molecular formula is C5H7NO2S2. The lowest BCUT2D eigenvalue weighted by Gasteiger charge is -2.10. The number of carbonyl (C=O) groups excluding carboxylic acids is 1. The van der Waals surface area contributed by atoms with Gasteiger partial charge in [-0.25, -0.2) is 0 Å². The average Bonchev–Trinajstić information content (AvgIpc) is 2.12. The SMILES string of the molecule is C[C@@]1(/C=N\O)CSC(=O)S1. The van der Waals surface area contributed by atoms with Gasteiger partial charge >= 0.3 is 0 Å². The molecule has 3 nitrogen and oxygen atoms in total. The first-order valence-corrected chi connectivity index (χ1v) is 4.51. The van der Waals surface area contributed by atoms with E-state index in [0.29, 0.717) is 5.75 Å². The maximum atomic E-state index is 10.7. The van der Waals surface area contributed by atoms with Crippen LogP contribution in [0.2, 0.25) is 0 Å². The molecule has 0 radical (unpaired) electrons. The summed E-state index contributed by atoms with van der Waals surface area (Å²) >= 11 is 2.47. The van der Waals surface area contributed by atoms with Crippen LogP contribution in [0.1, 0.15) is 6.92 Å². The normalized spacial score (nSPS) is 33.9. The summed E-state index contributed by atoms with van der Waals surface area (Å²) < 4.78 is -0.196. The predicted octanol–water partition coefficient (Wildman–Crippen LogP) is 1.81. The van der Waals surface area contributed by atoms with E-state index in [0.717, 1.165) is 0 Å². The highest BCUT2D eigenvalue weighted by Gasteiger charge is 2.34. The molecule has 1 fully saturated rings. The molecule has 1 saturated heterocycles. The van der Waals surface area contributed by atoms with E-state index in [1.54, 1.807) is 0 Å². The Kier molecular flexibility index (Phi) is 2.25. The third-order valence-electron chi connectivity index (χ3n) is 1.12. The Morgan fingerprint density at radius 2 is 2.60 bits per heavy atom. The molecule has 1 atom stereocenters. The van der Waals surface area contributed by atoms with Gasteiger partial charge in [-0.3, -0.25) is 4.79 Å². The van der Waals surface area contributed by atoms with Crippen molar-refractivity contribution in [2.24, 2.45) is 5.16 Å². The summed E-state index contributed by atoms with van der Waals surface area (Å²) in [6, 6.07) is 0. The fourth-order valence-electron chi connectivity index (χ4n) is 0.637. The molecular weight excluding hydrogens is 170 g/mol. The molecule has 0 spiro atoms. The molecule has 0 saturated carbocycles. The molecule has 1 aliphatic rings. The maximum Gasteiger partial charge on any atom is 0.247 e. The summed E-state index contributed by atoms with van der Waals surface area (Å²) in [6.07, 6.45) is 1.40. The van der Waals surface area contributed by atoms with Gasteiger partial charge in [0, 0.05) is 5.75 Å². The average molecular weight is 177 g/mol. The minimum Gasteiger partial charge on any atom is -0.411 e. The number of oxime groups is 1. The molecule has 0 amide bonds. The number of hydrogen-bond acceptors (Lipinski definition) is 5. The quantitative estimate of drug-likeness (QED) is 0.377. The Morgan fingerprint density at radius 1 is 1.90 bits per heavy atom. The molecule has 10 heavy (non-hydrogen) atoms. The van der Waals surface area contributed by atoms with E-state index in [1.807, 2.05) is 6.92 Å². The van der Waals surface area contributed by atoms with Gasteiger partial charge in [-0.2, -0.15) is 0 Å². The van der Waals surface area contributed by atoms with E-state index in [1.165, 1.54) is 29.7 Å². The van der Waals surface area contributed by atoms with Gasteiger partial charge in [0.05, 0.1) is 11.0 Å². The third-order valence-corrected chi connectivity index (χ3v) is 3.77. The molecule has 1 rings (SSSR count). The maximum absolute atomic E-state index is 10.7. The van der Waals surface area contributed by atoms with Crippen LogP contribution in [0.4, 0.5) is 4.79 Å². The summed E-state index contributed by atoms with van der Waals surface area (Å²) in [4.78, 5) is 10.7. The highest BCUT2D eigenvalue weighted by atomic mass is 32.2. The zero-order valence-electron chi connectivity index (χ0n) is 5.40. The lowest BCUT2D eigenvalue weighted by atomic mass is 10.2. The second-order valence-electron chi connectivity index (χ2n) is 2.20. The zero-order chi connectivity index (χ0) is 7.61. The van der Waals surface area contributed by atoms with Gasteiger partial charge in [0.1, 0.15) is 0 Å². The molecule has 0 unspecified atom stereocenters. The van der Waals surface area contributed by atoms with Gasteiger partial charge in [-0.05, 0) is 6.92 Å². The van der Waals surface area contributed by atoms with E-state index in [4.69, 9.17) is 5.21 Å². The van der Waals surface area contributed by atoms with E-state index in [-0.39, 0.29) is 9.19 Å². The highest BCUT2D eigenvalue weighted by molar-refractivity contribution is 8.42. The molecule has 1 N–H and O–H groups in total. The zero-order valence-corrected chi connectivity index (χ0v) is 7.04. The summed E-state index contributed by atoms with van der Waals surface area (Å²) in [6.45, 7) is 1.87. The summed E-state index contributed by atoms with van der Waals surface area (Å²) in [5, 5.41) is 11.1. The van der Waals surface area contributed by atoms with Gasteiger partial charge in [0.25, 0.3) is 0 Å². The van der Waals surface area contributed by atoms with E-state index in [9.17, 15) is 4.79 Å². The number of nitrogens with zero attached hydrogens (tertiary/aromatic N) is 1. The van der Waals surface area contributed by atoms with Gasteiger partial charge in [0.15, 0.2) is 0 Å². The topological polar surface area (TPSA) is 49.7 Å². The number of hydrogen-bond donors (Lipinski definition) is 1. The van der Waals surface area contributed by atoms with Crippen LogP contribution in [-0.4, -0.2) is 26.4 Å². The molecule has 0 aromatic carbocycles. The Bertz CT molecular complexity index is 182. The third kappa shape index (κ3) is 1.67. The molecule has 0 aromatic rings. The van der Waals surface area contributed by atoms with E-state index < -0.39 is 0 Å². The molecule has 1 heterocycles. The minimum absolute atomic E-state index is 0.0994. The number of rotatable bonds is 1.